The summed E-state index contributed by atoms with van der Waals surface area (Å²) in [6, 6.07) is 26.0. The van der Waals surface area contributed by atoms with Gasteiger partial charge in [-0.3, -0.25) is 9.69 Å². The molecule has 1 N–H and O–H groups in total. The molecule has 0 aliphatic carbocycles. The lowest BCUT2D eigenvalue weighted by Gasteiger charge is -2.40. The molecule has 118 valence electrons. The molecular weight excluding hydrogens is 298 g/mol. The Hall–Kier alpha value is -2.91. The molecule has 3 aromatic carbocycles. The minimum Gasteiger partial charge on any atom is -0.386 e. The van der Waals surface area contributed by atoms with Crippen LogP contribution in [0.1, 0.15) is 33.6 Å². The van der Waals surface area contributed by atoms with Gasteiger partial charge in [0.1, 0.15) is 6.10 Å². The normalized spacial score (nSPS) is 19.9. The van der Waals surface area contributed by atoms with E-state index in [2.05, 4.69) is 0 Å². The molecular formula is C21H17NO2. The number of aliphatic hydroxyl groups is 1. The third-order valence-electron chi connectivity index (χ3n) is 4.48. The lowest BCUT2D eigenvalue weighted by atomic mass is 9.86. The fraction of sp³-hybridized carbons (Fsp3) is 0.0952. The zero-order chi connectivity index (χ0) is 16.5. The maximum absolute atomic E-state index is 13.2. The van der Waals surface area contributed by atoms with E-state index in [-0.39, 0.29) is 5.91 Å². The summed E-state index contributed by atoms with van der Waals surface area (Å²) >= 11 is 0. The number of benzene rings is 3. The van der Waals surface area contributed by atoms with Crippen molar-refractivity contribution in [3.8, 4) is 0 Å². The number of hydrogen-bond acceptors (Lipinski definition) is 2. The van der Waals surface area contributed by atoms with Gasteiger partial charge in [-0.25, -0.2) is 0 Å². The van der Waals surface area contributed by atoms with Crippen molar-refractivity contribution in [3.63, 3.8) is 0 Å². The molecule has 0 saturated carbocycles. The van der Waals surface area contributed by atoms with Gasteiger partial charge in [0.25, 0.3) is 5.91 Å². The fourth-order valence-electron chi connectivity index (χ4n) is 3.37. The van der Waals surface area contributed by atoms with E-state index < -0.39 is 12.1 Å². The minimum atomic E-state index is -0.776. The maximum Gasteiger partial charge on any atom is 0.259 e. The molecule has 0 aromatic heterocycles. The SMILES string of the molecule is O=C1c2ccccc2[C@@H](O)[C@@H](c2ccccc2)N1c1ccccc1. The molecule has 1 aliphatic heterocycles. The Bertz CT molecular complexity index is 861. The molecule has 3 heteroatoms. The van der Waals surface area contributed by atoms with E-state index in [1.54, 1.807) is 11.0 Å². The zero-order valence-electron chi connectivity index (χ0n) is 13.0. The summed E-state index contributed by atoms with van der Waals surface area (Å²) in [4.78, 5) is 14.9. The second-order valence-electron chi connectivity index (χ2n) is 5.90. The van der Waals surface area contributed by atoms with E-state index in [1.165, 1.54) is 0 Å². The lowest BCUT2D eigenvalue weighted by molar-refractivity contribution is 0.0851. The summed E-state index contributed by atoms with van der Waals surface area (Å²) in [5.74, 6) is -0.0871. The predicted octanol–water partition coefficient (Wildman–Crippen LogP) is 4.12. The molecule has 0 saturated heterocycles. The van der Waals surface area contributed by atoms with E-state index in [1.807, 2.05) is 78.9 Å². The molecule has 0 radical (unpaired) electrons. The van der Waals surface area contributed by atoms with Crippen molar-refractivity contribution in [1.82, 2.24) is 0 Å². The molecule has 0 fully saturated rings. The Labute approximate surface area is 140 Å². The van der Waals surface area contributed by atoms with Gasteiger partial charge in [-0.1, -0.05) is 66.7 Å². The first-order valence-corrected chi connectivity index (χ1v) is 7.98. The third-order valence-corrected chi connectivity index (χ3v) is 4.48. The number of anilines is 1. The van der Waals surface area contributed by atoms with Gasteiger partial charge in [0.05, 0.1) is 6.04 Å². The Morgan fingerprint density at radius 1 is 0.750 bits per heavy atom. The average Bonchev–Trinajstić information content (AvgIpc) is 2.66. The fourth-order valence-corrected chi connectivity index (χ4v) is 3.37. The highest BCUT2D eigenvalue weighted by Gasteiger charge is 2.40. The van der Waals surface area contributed by atoms with Gasteiger partial charge in [0.2, 0.25) is 0 Å². The van der Waals surface area contributed by atoms with Crippen LogP contribution in [0.3, 0.4) is 0 Å². The maximum atomic E-state index is 13.2. The Kier molecular flexibility index (Phi) is 3.63. The molecule has 24 heavy (non-hydrogen) atoms. The molecule has 4 rings (SSSR count). The van der Waals surface area contributed by atoms with E-state index in [0.29, 0.717) is 11.1 Å². The second kappa shape index (κ2) is 5.95. The number of amides is 1. The summed E-state index contributed by atoms with van der Waals surface area (Å²) in [5.41, 5.74) is 2.94. The largest absolute Gasteiger partial charge is 0.386 e. The van der Waals surface area contributed by atoms with Crippen LogP contribution in [0, 0.1) is 0 Å². The number of fused-ring (bicyclic) bond motifs is 1. The Morgan fingerprint density at radius 2 is 1.33 bits per heavy atom. The van der Waals surface area contributed by atoms with Crippen LogP contribution in [0.25, 0.3) is 0 Å². The van der Waals surface area contributed by atoms with Gasteiger partial charge in [0, 0.05) is 11.3 Å². The molecule has 0 spiro atoms. The highest BCUT2D eigenvalue weighted by Crippen LogP contribution is 2.43. The van der Waals surface area contributed by atoms with Crippen LogP contribution in [-0.2, 0) is 0 Å². The van der Waals surface area contributed by atoms with E-state index in [0.717, 1.165) is 11.3 Å². The highest BCUT2D eigenvalue weighted by atomic mass is 16.3. The van der Waals surface area contributed by atoms with Crippen LogP contribution in [0.15, 0.2) is 84.9 Å². The van der Waals surface area contributed by atoms with Crippen molar-refractivity contribution in [3.05, 3.63) is 102 Å². The lowest BCUT2D eigenvalue weighted by Crippen LogP contribution is -2.42. The number of para-hydroxylation sites is 1. The first kappa shape index (κ1) is 14.7. The Balaban J connectivity index is 1.93. The molecule has 2 atom stereocenters. The van der Waals surface area contributed by atoms with Crippen LogP contribution in [0.4, 0.5) is 5.69 Å². The summed E-state index contributed by atoms with van der Waals surface area (Å²) in [6.07, 6.45) is -0.776. The van der Waals surface area contributed by atoms with Crippen LogP contribution in [0.2, 0.25) is 0 Å². The zero-order valence-corrected chi connectivity index (χ0v) is 13.0. The number of carbonyl (C=O) groups is 1. The standard InChI is InChI=1S/C21H17NO2/c23-20-17-13-7-8-14-18(17)21(24)22(16-11-5-2-6-12-16)19(20)15-9-3-1-4-10-15/h1-14,19-20,23H/t19-,20-/m1/s1. The summed E-state index contributed by atoms with van der Waals surface area (Å²) in [5, 5.41) is 11.0. The summed E-state index contributed by atoms with van der Waals surface area (Å²) in [6.45, 7) is 0. The van der Waals surface area contributed by atoms with Crippen LogP contribution in [-0.4, -0.2) is 11.0 Å². The van der Waals surface area contributed by atoms with E-state index >= 15 is 0 Å². The summed E-state index contributed by atoms with van der Waals surface area (Å²) in [7, 11) is 0. The van der Waals surface area contributed by atoms with Crippen molar-refractivity contribution >= 4 is 11.6 Å². The van der Waals surface area contributed by atoms with Crippen LogP contribution in [0.5, 0.6) is 0 Å². The number of rotatable bonds is 2. The van der Waals surface area contributed by atoms with Crippen molar-refractivity contribution in [1.29, 1.82) is 0 Å². The van der Waals surface area contributed by atoms with Gasteiger partial charge in [-0.05, 0) is 29.3 Å². The number of aliphatic hydroxyl groups excluding tert-OH is 1. The van der Waals surface area contributed by atoms with Gasteiger partial charge in [0.15, 0.2) is 0 Å². The van der Waals surface area contributed by atoms with Crippen molar-refractivity contribution in [2.75, 3.05) is 4.90 Å². The first-order valence-electron chi connectivity index (χ1n) is 7.98. The van der Waals surface area contributed by atoms with E-state index in [9.17, 15) is 9.90 Å². The highest BCUT2D eigenvalue weighted by molar-refractivity contribution is 6.09. The van der Waals surface area contributed by atoms with Crippen molar-refractivity contribution in [2.45, 2.75) is 12.1 Å². The minimum absolute atomic E-state index is 0.0871. The average molecular weight is 315 g/mol. The monoisotopic (exact) mass is 315 g/mol. The number of carbonyl (C=O) groups excluding carboxylic acids is 1. The van der Waals surface area contributed by atoms with Gasteiger partial charge < -0.3 is 5.11 Å². The third kappa shape index (κ3) is 2.30. The van der Waals surface area contributed by atoms with Gasteiger partial charge in [-0.2, -0.15) is 0 Å². The van der Waals surface area contributed by atoms with Crippen LogP contribution >= 0.6 is 0 Å². The second-order valence-corrected chi connectivity index (χ2v) is 5.90. The number of nitrogens with zero attached hydrogens (tertiary/aromatic N) is 1. The van der Waals surface area contributed by atoms with Crippen molar-refractivity contribution in [2.24, 2.45) is 0 Å². The molecule has 1 amide bonds. The molecule has 0 bridgehead atoms. The predicted molar refractivity (Wildman–Crippen MR) is 93.8 cm³/mol. The topological polar surface area (TPSA) is 40.5 Å². The Morgan fingerprint density at radius 3 is 2.04 bits per heavy atom. The quantitative estimate of drug-likeness (QED) is 0.773. The van der Waals surface area contributed by atoms with Gasteiger partial charge in [-0.15, -0.1) is 0 Å². The van der Waals surface area contributed by atoms with Crippen molar-refractivity contribution < 1.29 is 9.90 Å². The molecule has 0 unspecified atom stereocenters. The van der Waals surface area contributed by atoms with E-state index in [4.69, 9.17) is 0 Å². The van der Waals surface area contributed by atoms with Gasteiger partial charge >= 0.3 is 0 Å². The number of hydrogen-bond donors (Lipinski definition) is 1. The molecule has 3 nitrogen and oxygen atoms in total. The molecule has 1 heterocycles. The summed E-state index contributed by atoms with van der Waals surface area (Å²) < 4.78 is 0. The molecule has 1 aliphatic rings. The smallest absolute Gasteiger partial charge is 0.259 e. The first-order chi connectivity index (χ1) is 11.8. The van der Waals surface area contributed by atoms with Crippen LogP contribution < -0.4 is 4.90 Å². The molecule has 3 aromatic rings.